The molecular formula is C10H9N3O4S. The van der Waals surface area contributed by atoms with Gasteiger partial charge in [0.1, 0.15) is 10.8 Å². The van der Waals surface area contributed by atoms with E-state index in [0.717, 1.165) is 0 Å². The smallest absolute Gasteiger partial charge is 0.355 e. The second-order valence-electron chi connectivity index (χ2n) is 3.44. The highest BCUT2D eigenvalue weighted by atomic mass is 32.1. The van der Waals surface area contributed by atoms with Crippen LogP contribution in [0.5, 0.6) is 0 Å². The van der Waals surface area contributed by atoms with Crippen LogP contribution in [0.1, 0.15) is 31.7 Å². The maximum atomic E-state index is 11.6. The van der Waals surface area contributed by atoms with Gasteiger partial charge in [-0.15, -0.1) is 11.3 Å². The van der Waals surface area contributed by atoms with Gasteiger partial charge in [-0.1, -0.05) is 5.16 Å². The van der Waals surface area contributed by atoms with Gasteiger partial charge >= 0.3 is 5.97 Å². The van der Waals surface area contributed by atoms with E-state index in [1.165, 1.54) is 22.8 Å². The van der Waals surface area contributed by atoms with E-state index in [4.69, 9.17) is 9.63 Å². The number of rotatable bonds is 4. The molecule has 0 spiro atoms. The van der Waals surface area contributed by atoms with Crippen LogP contribution < -0.4 is 5.32 Å². The Kier molecular flexibility index (Phi) is 3.38. The summed E-state index contributed by atoms with van der Waals surface area (Å²) in [6.07, 6.45) is 0. The van der Waals surface area contributed by atoms with Crippen LogP contribution in [0.2, 0.25) is 0 Å². The minimum absolute atomic E-state index is 0.0264. The lowest BCUT2D eigenvalue weighted by Gasteiger charge is -1.98. The molecule has 2 N–H and O–H groups in total. The first kappa shape index (κ1) is 12.2. The molecule has 0 aliphatic rings. The highest BCUT2D eigenvalue weighted by Crippen LogP contribution is 2.09. The Morgan fingerprint density at radius 1 is 1.50 bits per heavy atom. The molecule has 94 valence electrons. The zero-order valence-electron chi connectivity index (χ0n) is 9.34. The van der Waals surface area contributed by atoms with Crippen molar-refractivity contribution in [3.63, 3.8) is 0 Å². The van der Waals surface area contributed by atoms with E-state index in [-0.39, 0.29) is 23.8 Å². The number of carbonyl (C=O) groups excluding carboxylic acids is 1. The van der Waals surface area contributed by atoms with Gasteiger partial charge < -0.3 is 14.9 Å². The third-order valence-electron chi connectivity index (χ3n) is 2.03. The standard InChI is InChI=1S/C10H9N3O4S/c1-5-2-6(13-17-5)9(14)11-3-8-12-7(4-18-8)10(15)16/h2,4H,3H2,1H3,(H,11,14)(H,15,16). The molecule has 0 bridgehead atoms. The van der Waals surface area contributed by atoms with Crippen LogP contribution in [-0.4, -0.2) is 27.1 Å². The second kappa shape index (κ2) is 4.96. The van der Waals surface area contributed by atoms with Crippen LogP contribution in [0.3, 0.4) is 0 Å². The van der Waals surface area contributed by atoms with Crippen molar-refractivity contribution in [3.05, 3.63) is 33.6 Å². The van der Waals surface area contributed by atoms with Gasteiger partial charge in [-0.25, -0.2) is 9.78 Å². The first-order valence-corrected chi connectivity index (χ1v) is 5.83. The van der Waals surface area contributed by atoms with Crippen LogP contribution in [0.15, 0.2) is 16.0 Å². The SMILES string of the molecule is Cc1cc(C(=O)NCc2nc(C(=O)O)cs2)no1. The number of hydrogen-bond donors (Lipinski definition) is 2. The molecule has 2 heterocycles. The summed E-state index contributed by atoms with van der Waals surface area (Å²) in [6.45, 7) is 1.84. The average molecular weight is 267 g/mol. The lowest BCUT2D eigenvalue weighted by Crippen LogP contribution is -2.23. The van der Waals surface area contributed by atoms with Crippen LogP contribution >= 0.6 is 11.3 Å². The maximum absolute atomic E-state index is 11.6. The predicted molar refractivity (Wildman–Crippen MR) is 61.5 cm³/mol. The molecule has 0 aliphatic carbocycles. The number of aryl methyl sites for hydroxylation is 1. The van der Waals surface area contributed by atoms with E-state index in [9.17, 15) is 9.59 Å². The Morgan fingerprint density at radius 3 is 2.83 bits per heavy atom. The molecule has 0 aromatic carbocycles. The molecule has 0 saturated carbocycles. The molecule has 0 unspecified atom stereocenters. The van der Waals surface area contributed by atoms with Crippen LogP contribution in [-0.2, 0) is 6.54 Å². The number of hydrogen-bond acceptors (Lipinski definition) is 6. The fourth-order valence-electron chi connectivity index (χ4n) is 1.21. The van der Waals surface area contributed by atoms with Gasteiger partial charge in [0.2, 0.25) is 0 Å². The Morgan fingerprint density at radius 2 is 2.28 bits per heavy atom. The molecule has 2 aromatic heterocycles. The number of amides is 1. The van der Waals surface area contributed by atoms with Crippen molar-refractivity contribution in [3.8, 4) is 0 Å². The van der Waals surface area contributed by atoms with E-state index in [1.807, 2.05) is 0 Å². The van der Waals surface area contributed by atoms with E-state index in [2.05, 4.69) is 15.5 Å². The first-order valence-electron chi connectivity index (χ1n) is 4.95. The summed E-state index contributed by atoms with van der Waals surface area (Å²) in [6, 6.07) is 1.51. The number of aromatic nitrogens is 2. The number of carbonyl (C=O) groups is 2. The molecular weight excluding hydrogens is 258 g/mol. The zero-order chi connectivity index (χ0) is 13.1. The molecule has 0 saturated heterocycles. The topological polar surface area (TPSA) is 105 Å². The molecule has 7 nitrogen and oxygen atoms in total. The van der Waals surface area contributed by atoms with Crippen LogP contribution in [0.25, 0.3) is 0 Å². The van der Waals surface area contributed by atoms with Crippen LogP contribution in [0.4, 0.5) is 0 Å². The summed E-state index contributed by atoms with van der Waals surface area (Å²) in [5, 5.41) is 16.8. The third kappa shape index (κ3) is 2.72. The van der Waals surface area contributed by atoms with Crippen molar-refractivity contribution in [1.29, 1.82) is 0 Å². The van der Waals surface area contributed by atoms with Gasteiger partial charge in [-0.05, 0) is 6.92 Å². The summed E-state index contributed by atoms with van der Waals surface area (Å²) < 4.78 is 4.77. The molecule has 0 fully saturated rings. The molecule has 2 rings (SSSR count). The third-order valence-corrected chi connectivity index (χ3v) is 2.88. The second-order valence-corrected chi connectivity index (χ2v) is 4.38. The number of carboxylic acids is 1. The fraction of sp³-hybridized carbons (Fsp3) is 0.200. The van der Waals surface area contributed by atoms with Crippen molar-refractivity contribution in [2.75, 3.05) is 0 Å². The maximum Gasteiger partial charge on any atom is 0.355 e. The summed E-state index contributed by atoms with van der Waals surface area (Å²) >= 11 is 1.17. The van der Waals surface area contributed by atoms with Gasteiger partial charge in [-0.3, -0.25) is 4.79 Å². The monoisotopic (exact) mass is 267 g/mol. The number of nitrogens with one attached hydrogen (secondary N) is 1. The zero-order valence-corrected chi connectivity index (χ0v) is 10.2. The molecule has 18 heavy (non-hydrogen) atoms. The molecule has 1 amide bonds. The number of nitrogens with zero attached hydrogens (tertiary/aromatic N) is 2. The Labute approximate surface area is 105 Å². The summed E-state index contributed by atoms with van der Waals surface area (Å²) in [4.78, 5) is 26.1. The van der Waals surface area contributed by atoms with Gasteiger partial charge in [0, 0.05) is 11.4 Å². The van der Waals surface area contributed by atoms with E-state index >= 15 is 0 Å². The summed E-state index contributed by atoms with van der Waals surface area (Å²) in [5.74, 6) is -0.933. The number of aromatic carboxylic acids is 1. The number of carboxylic acid groups (broad SMARTS) is 1. The van der Waals surface area contributed by atoms with Crippen molar-refractivity contribution < 1.29 is 19.2 Å². The summed E-state index contributed by atoms with van der Waals surface area (Å²) in [7, 11) is 0. The minimum Gasteiger partial charge on any atom is -0.476 e. The fourth-order valence-corrected chi connectivity index (χ4v) is 1.92. The van der Waals surface area contributed by atoms with E-state index in [1.54, 1.807) is 6.92 Å². The Bertz CT molecular complexity index is 589. The van der Waals surface area contributed by atoms with Gasteiger partial charge in [0.05, 0.1) is 6.54 Å². The van der Waals surface area contributed by atoms with Gasteiger partial charge in [0.25, 0.3) is 5.91 Å². The van der Waals surface area contributed by atoms with E-state index in [0.29, 0.717) is 10.8 Å². The largest absolute Gasteiger partial charge is 0.476 e. The lowest BCUT2D eigenvalue weighted by atomic mass is 10.3. The summed E-state index contributed by atoms with van der Waals surface area (Å²) in [5.41, 5.74) is 0.157. The minimum atomic E-state index is -1.09. The molecule has 8 heteroatoms. The first-order chi connectivity index (χ1) is 8.56. The van der Waals surface area contributed by atoms with E-state index < -0.39 is 5.97 Å². The molecule has 0 radical (unpaired) electrons. The quantitative estimate of drug-likeness (QED) is 0.858. The lowest BCUT2D eigenvalue weighted by molar-refractivity contribution is 0.0691. The molecule has 0 aliphatic heterocycles. The number of thiazole rings is 1. The van der Waals surface area contributed by atoms with Crippen molar-refractivity contribution >= 4 is 23.2 Å². The van der Waals surface area contributed by atoms with Gasteiger partial charge in [-0.2, -0.15) is 0 Å². The molecule has 2 aromatic rings. The molecule has 0 atom stereocenters. The Balaban J connectivity index is 1.95. The normalized spacial score (nSPS) is 10.3. The Hall–Kier alpha value is -2.22. The van der Waals surface area contributed by atoms with Crippen molar-refractivity contribution in [2.45, 2.75) is 13.5 Å². The predicted octanol–water partition coefficient (Wildman–Crippen LogP) is 1.07. The van der Waals surface area contributed by atoms with Gasteiger partial charge in [0.15, 0.2) is 11.4 Å². The highest BCUT2D eigenvalue weighted by molar-refractivity contribution is 7.09. The highest BCUT2D eigenvalue weighted by Gasteiger charge is 2.12. The van der Waals surface area contributed by atoms with Crippen molar-refractivity contribution in [2.24, 2.45) is 0 Å². The average Bonchev–Trinajstić information content (AvgIpc) is 2.94. The van der Waals surface area contributed by atoms with Crippen LogP contribution in [0, 0.1) is 6.92 Å². The van der Waals surface area contributed by atoms with Crippen molar-refractivity contribution in [1.82, 2.24) is 15.5 Å².